The van der Waals surface area contributed by atoms with Crippen LogP contribution in [-0.2, 0) is 4.79 Å². The zero-order valence-corrected chi connectivity index (χ0v) is 16.1. The normalized spacial score (nSPS) is 19.4. The number of rotatable bonds is 5. The maximum Gasteiger partial charge on any atom is 0.220 e. The Kier molecular flexibility index (Phi) is 5.08. The molecule has 0 spiro atoms. The lowest BCUT2D eigenvalue weighted by Gasteiger charge is -2.26. The van der Waals surface area contributed by atoms with Crippen molar-refractivity contribution in [3.8, 4) is 10.6 Å². The molecule has 1 saturated heterocycles. The van der Waals surface area contributed by atoms with E-state index >= 15 is 0 Å². The van der Waals surface area contributed by atoms with Gasteiger partial charge in [0.15, 0.2) is 0 Å². The fourth-order valence-electron chi connectivity index (χ4n) is 3.25. The highest BCUT2D eigenvalue weighted by Gasteiger charge is 2.40. The molecule has 0 bridgehead atoms. The smallest absolute Gasteiger partial charge is 0.220 e. The van der Waals surface area contributed by atoms with Crippen molar-refractivity contribution in [3.05, 3.63) is 29.9 Å². The number of hydrogen-bond donors (Lipinski definition) is 1. The molecule has 3 heterocycles. The van der Waals surface area contributed by atoms with Gasteiger partial charge in [0, 0.05) is 31.0 Å². The van der Waals surface area contributed by atoms with Gasteiger partial charge in [0.1, 0.15) is 12.1 Å². The van der Waals surface area contributed by atoms with E-state index in [4.69, 9.17) is 0 Å². The number of nitrogens with one attached hydrogen (secondary N) is 1. The third-order valence-electron chi connectivity index (χ3n) is 4.62. The van der Waals surface area contributed by atoms with Gasteiger partial charge in [-0.1, -0.05) is 33.8 Å². The molecule has 1 fully saturated rings. The highest BCUT2D eigenvalue weighted by Crippen LogP contribution is 2.33. The van der Waals surface area contributed by atoms with Gasteiger partial charge in [-0.3, -0.25) is 4.79 Å². The number of anilines is 1. The topological polar surface area (TPSA) is 58.1 Å². The van der Waals surface area contributed by atoms with E-state index in [1.54, 1.807) is 17.7 Å². The molecule has 0 saturated carbocycles. The lowest BCUT2D eigenvalue weighted by atomic mass is 9.87. The first kappa shape index (κ1) is 17.9. The van der Waals surface area contributed by atoms with Crippen LogP contribution < -0.4 is 10.2 Å². The minimum Gasteiger partial charge on any atom is -0.354 e. The molecule has 1 amide bonds. The summed E-state index contributed by atoms with van der Waals surface area (Å²) in [5.74, 6) is 1.43. The Labute approximate surface area is 153 Å². The average molecular weight is 359 g/mol. The van der Waals surface area contributed by atoms with Gasteiger partial charge in [0.25, 0.3) is 0 Å². The number of carbonyl (C=O) groups excluding carboxylic acids is 1. The second kappa shape index (κ2) is 7.12. The average Bonchev–Trinajstić information content (AvgIpc) is 3.15. The zero-order valence-electron chi connectivity index (χ0n) is 15.3. The van der Waals surface area contributed by atoms with E-state index in [9.17, 15) is 4.79 Å². The first-order valence-corrected chi connectivity index (χ1v) is 9.63. The van der Waals surface area contributed by atoms with E-state index < -0.39 is 0 Å². The molecular weight excluding hydrogens is 332 g/mol. The van der Waals surface area contributed by atoms with Crippen LogP contribution in [0.25, 0.3) is 10.6 Å². The minimum atomic E-state index is 0.000679. The molecule has 25 heavy (non-hydrogen) atoms. The van der Waals surface area contributed by atoms with Gasteiger partial charge < -0.3 is 10.2 Å². The molecule has 2 aromatic heterocycles. The number of amides is 1. The van der Waals surface area contributed by atoms with Crippen molar-refractivity contribution in [1.29, 1.82) is 0 Å². The van der Waals surface area contributed by atoms with Crippen LogP contribution in [0.4, 0.5) is 5.82 Å². The second-order valence-corrected chi connectivity index (χ2v) is 8.77. The van der Waals surface area contributed by atoms with Crippen molar-refractivity contribution in [2.75, 3.05) is 18.0 Å². The third-order valence-corrected chi connectivity index (χ3v) is 5.52. The summed E-state index contributed by atoms with van der Waals surface area (Å²) in [5.41, 5.74) is 0.950. The molecule has 1 aliphatic heterocycles. The lowest BCUT2D eigenvalue weighted by molar-refractivity contribution is -0.122. The Hall–Kier alpha value is -1.95. The second-order valence-electron chi connectivity index (χ2n) is 7.83. The molecule has 1 aliphatic rings. The Bertz CT molecular complexity index is 727. The number of hydrogen-bond acceptors (Lipinski definition) is 5. The summed E-state index contributed by atoms with van der Waals surface area (Å²) in [7, 11) is 0. The van der Waals surface area contributed by atoms with E-state index in [0.717, 1.165) is 29.5 Å². The molecule has 0 aromatic carbocycles. The molecule has 134 valence electrons. The highest BCUT2D eigenvalue weighted by atomic mass is 32.1. The first-order chi connectivity index (χ1) is 11.8. The number of nitrogens with zero attached hydrogens (tertiary/aromatic N) is 3. The lowest BCUT2D eigenvalue weighted by Crippen LogP contribution is -2.44. The van der Waals surface area contributed by atoms with Gasteiger partial charge in [-0.05, 0) is 17.4 Å². The van der Waals surface area contributed by atoms with Gasteiger partial charge in [0.05, 0.1) is 16.6 Å². The Morgan fingerprint density at radius 1 is 1.44 bits per heavy atom. The third kappa shape index (κ3) is 4.18. The summed E-state index contributed by atoms with van der Waals surface area (Å²) in [6.45, 7) is 10.2. The molecule has 6 heteroatoms. The summed E-state index contributed by atoms with van der Waals surface area (Å²) in [4.78, 5) is 24.4. The standard InChI is InChI=1S/C19H26N4OS/c1-13(2)8-18(24)22-16-10-23(11-19(16,3)4)17-9-14(20-12-21-17)15-6-5-7-25-15/h5-7,9,12-13,16H,8,10-11H2,1-4H3,(H,22,24). The minimum absolute atomic E-state index is 0.000679. The molecule has 1 N–H and O–H groups in total. The van der Waals surface area contributed by atoms with Gasteiger partial charge in [-0.25, -0.2) is 9.97 Å². The van der Waals surface area contributed by atoms with Crippen molar-refractivity contribution in [1.82, 2.24) is 15.3 Å². The van der Waals surface area contributed by atoms with Crippen molar-refractivity contribution >= 4 is 23.1 Å². The fourth-order valence-corrected chi connectivity index (χ4v) is 3.95. The van der Waals surface area contributed by atoms with E-state index in [1.165, 1.54) is 0 Å². The van der Waals surface area contributed by atoms with Crippen LogP contribution in [0.5, 0.6) is 0 Å². The summed E-state index contributed by atoms with van der Waals surface area (Å²) in [6.07, 6.45) is 2.20. The predicted octanol–water partition coefficient (Wildman–Crippen LogP) is 3.58. The maximum atomic E-state index is 12.2. The van der Waals surface area contributed by atoms with E-state index in [-0.39, 0.29) is 17.4 Å². The largest absolute Gasteiger partial charge is 0.354 e. The van der Waals surface area contributed by atoms with Crippen molar-refractivity contribution in [2.24, 2.45) is 11.3 Å². The predicted molar refractivity (Wildman–Crippen MR) is 103 cm³/mol. The van der Waals surface area contributed by atoms with Crippen LogP contribution in [-0.4, -0.2) is 35.0 Å². The van der Waals surface area contributed by atoms with Gasteiger partial charge in [-0.15, -0.1) is 11.3 Å². The van der Waals surface area contributed by atoms with Crippen LogP contribution in [0.2, 0.25) is 0 Å². The van der Waals surface area contributed by atoms with Crippen molar-refractivity contribution in [2.45, 2.75) is 40.2 Å². The molecule has 5 nitrogen and oxygen atoms in total. The number of aromatic nitrogens is 2. The Morgan fingerprint density at radius 2 is 2.24 bits per heavy atom. The molecule has 0 aliphatic carbocycles. The Balaban J connectivity index is 1.74. The van der Waals surface area contributed by atoms with Crippen LogP contribution >= 0.6 is 11.3 Å². The monoisotopic (exact) mass is 358 g/mol. The number of carbonyl (C=O) groups is 1. The van der Waals surface area contributed by atoms with Crippen molar-refractivity contribution < 1.29 is 4.79 Å². The van der Waals surface area contributed by atoms with Crippen LogP contribution in [0.1, 0.15) is 34.1 Å². The van der Waals surface area contributed by atoms with E-state index in [0.29, 0.717) is 12.3 Å². The SMILES string of the molecule is CC(C)CC(=O)NC1CN(c2cc(-c3cccs3)ncn2)CC1(C)C. The summed E-state index contributed by atoms with van der Waals surface area (Å²) in [6, 6.07) is 6.26. The Morgan fingerprint density at radius 3 is 2.92 bits per heavy atom. The quantitative estimate of drug-likeness (QED) is 0.887. The summed E-state index contributed by atoms with van der Waals surface area (Å²) in [5, 5.41) is 5.27. The van der Waals surface area contributed by atoms with Gasteiger partial charge in [0.2, 0.25) is 5.91 Å². The van der Waals surface area contributed by atoms with Gasteiger partial charge in [-0.2, -0.15) is 0 Å². The first-order valence-electron chi connectivity index (χ1n) is 8.75. The zero-order chi connectivity index (χ0) is 18.0. The fraction of sp³-hybridized carbons (Fsp3) is 0.526. The molecule has 0 radical (unpaired) electrons. The highest BCUT2D eigenvalue weighted by molar-refractivity contribution is 7.13. The van der Waals surface area contributed by atoms with Crippen molar-refractivity contribution in [3.63, 3.8) is 0 Å². The van der Waals surface area contributed by atoms with E-state index in [1.807, 2.05) is 12.1 Å². The molecule has 1 unspecified atom stereocenters. The van der Waals surface area contributed by atoms with Crippen LogP contribution in [0, 0.1) is 11.3 Å². The molecule has 2 aromatic rings. The summed E-state index contributed by atoms with van der Waals surface area (Å²) >= 11 is 1.68. The van der Waals surface area contributed by atoms with Crippen LogP contribution in [0.15, 0.2) is 29.9 Å². The molecular formula is C19H26N4OS. The number of thiophene rings is 1. The maximum absolute atomic E-state index is 12.2. The van der Waals surface area contributed by atoms with E-state index in [2.05, 4.69) is 59.3 Å². The molecule has 3 rings (SSSR count). The van der Waals surface area contributed by atoms with Gasteiger partial charge >= 0.3 is 0 Å². The summed E-state index contributed by atoms with van der Waals surface area (Å²) < 4.78 is 0. The molecule has 1 atom stereocenters. The van der Waals surface area contributed by atoms with Crippen LogP contribution in [0.3, 0.4) is 0 Å².